The van der Waals surface area contributed by atoms with Crippen LogP contribution in [0.15, 0.2) is 47.4 Å². The maximum Gasteiger partial charge on any atom is 0.252 e. The molecule has 1 atom stereocenters. The van der Waals surface area contributed by atoms with E-state index in [1.54, 1.807) is 19.9 Å². The summed E-state index contributed by atoms with van der Waals surface area (Å²) in [6.45, 7) is 4.68. The first-order chi connectivity index (χ1) is 13.9. The molecule has 2 aromatic carbocycles. The van der Waals surface area contributed by atoms with Crippen molar-refractivity contribution in [1.82, 2.24) is 9.62 Å². The van der Waals surface area contributed by atoms with Gasteiger partial charge in [0.2, 0.25) is 10.0 Å². The fraction of sp³-hybridized carbons (Fsp3) is 0.350. The minimum atomic E-state index is -3.69. The van der Waals surface area contributed by atoms with E-state index in [-0.39, 0.29) is 28.1 Å². The van der Waals surface area contributed by atoms with Crippen molar-refractivity contribution in [2.75, 3.05) is 26.2 Å². The van der Waals surface area contributed by atoms with E-state index < -0.39 is 15.9 Å². The van der Waals surface area contributed by atoms with Crippen molar-refractivity contribution in [3.8, 4) is 11.5 Å². The summed E-state index contributed by atoms with van der Waals surface area (Å²) in [5.41, 5.74) is 0.0945. The van der Waals surface area contributed by atoms with Crippen molar-refractivity contribution in [2.45, 2.75) is 24.8 Å². The lowest BCUT2D eigenvalue weighted by molar-refractivity contribution is 0.0789. The number of nitrogens with one attached hydrogen (secondary N) is 1. The molecule has 3 rings (SSSR count). The Bertz CT molecular complexity index is 992. The quantitative estimate of drug-likeness (QED) is 0.718. The highest BCUT2D eigenvalue weighted by molar-refractivity contribution is 7.89. The highest BCUT2D eigenvalue weighted by Gasteiger charge is 2.25. The summed E-state index contributed by atoms with van der Waals surface area (Å²) in [5.74, 6) is 0.796. The number of halogens is 1. The van der Waals surface area contributed by atoms with Crippen LogP contribution in [0.1, 0.15) is 24.2 Å². The van der Waals surface area contributed by atoms with Gasteiger partial charge in [-0.25, -0.2) is 8.42 Å². The second kappa shape index (κ2) is 9.02. The van der Waals surface area contributed by atoms with Crippen LogP contribution >= 0.6 is 11.6 Å². The van der Waals surface area contributed by atoms with Crippen LogP contribution in [0.5, 0.6) is 11.5 Å². The molecule has 29 heavy (non-hydrogen) atoms. The van der Waals surface area contributed by atoms with Gasteiger partial charge >= 0.3 is 0 Å². The molecule has 0 spiro atoms. The van der Waals surface area contributed by atoms with Crippen LogP contribution in [0.2, 0.25) is 5.02 Å². The summed E-state index contributed by atoms with van der Waals surface area (Å²) in [6, 6.07) is 11.4. The third-order valence-electron chi connectivity index (χ3n) is 4.58. The molecular weight excluding hydrogens is 416 g/mol. The molecule has 1 amide bonds. The fourth-order valence-corrected chi connectivity index (χ4v) is 4.71. The monoisotopic (exact) mass is 438 g/mol. The number of carbonyl (C=O) groups excluding carboxylic acids is 1. The number of fused-ring (bicyclic) bond motifs is 1. The number of hydrogen-bond donors (Lipinski definition) is 1. The van der Waals surface area contributed by atoms with Gasteiger partial charge in [0.25, 0.3) is 5.91 Å². The van der Waals surface area contributed by atoms with E-state index in [2.05, 4.69) is 5.32 Å². The second-order valence-corrected chi connectivity index (χ2v) is 8.78. The average molecular weight is 439 g/mol. The van der Waals surface area contributed by atoms with Crippen LogP contribution < -0.4 is 14.8 Å². The molecule has 0 aromatic heterocycles. The third kappa shape index (κ3) is 4.66. The first-order valence-corrected chi connectivity index (χ1v) is 11.1. The predicted octanol–water partition coefficient (Wildman–Crippen LogP) is 2.94. The number of para-hydroxylation sites is 2. The van der Waals surface area contributed by atoms with Crippen molar-refractivity contribution in [3.63, 3.8) is 0 Å². The molecule has 0 aliphatic carbocycles. The number of hydrogen-bond acceptors (Lipinski definition) is 5. The molecule has 0 fully saturated rings. The van der Waals surface area contributed by atoms with E-state index in [9.17, 15) is 13.2 Å². The predicted molar refractivity (Wildman–Crippen MR) is 110 cm³/mol. The molecule has 156 valence electrons. The Hall–Kier alpha value is -2.29. The molecule has 2 aromatic rings. The van der Waals surface area contributed by atoms with Crippen LogP contribution in [0, 0.1) is 0 Å². The Morgan fingerprint density at radius 2 is 1.86 bits per heavy atom. The van der Waals surface area contributed by atoms with Gasteiger partial charge in [0.05, 0.1) is 22.0 Å². The first-order valence-electron chi connectivity index (χ1n) is 9.33. The smallest absolute Gasteiger partial charge is 0.252 e. The SMILES string of the molecule is CCN(CC)S(=O)(=O)c1ccc(Cl)c(C(=O)NC[C@@H]2COc3ccccc3O2)c1. The van der Waals surface area contributed by atoms with Crippen LogP contribution in [0.3, 0.4) is 0 Å². The Kier molecular flexibility index (Phi) is 6.66. The minimum Gasteiger partial charge on any atom is -0.486 e. The van der Waals surface area contributed by atoms with E-state index in [0.717, 1.165) is 0 Å². The highest BCUT2D eigenvalue weighted by atomic mass is 35.5. The van der Waals surface area contributed by atoms with Crippen molar-refractivity contribution in [1.29, 1.82) is 0 Å². The van der Waals surface area contributed by atoms with E-state index in [1.807, 2.05) is 18.2 Å². The van der Waals surface area contributed by atoms with Gasteiger partial charge in [0, 0.05) is 13.1 Å². The van der Waals surface area contributed by atoms with E-state index in [4.69, 9.17) is 21.1 Å². The van der Waals surface area contributed by atoms with Crippen molar-refractivity contribution in [3.05, 3.63) is 53.1 Å². The molecule has 1 aliphatic rings. The van der Waals surface area contributed by atoms with Crippen LogP contribution in [0.4, 0.5) is 0 Å². The molecular formula is C20H23ClN2O5S. The zero-order chi connectivity index (χ0) is 21.0. The summed E-state index contributed by atoms with van der Waals surface area (Å²) >= 11 is 6.15. The fourth-order valence-electron chi connectivity index (χ4n) is 3.02. The Morgan fingerprint density at radius 1 is 1.17 bits per heavy atom. The van der Waals surface area contributed by atoms with Gasteiger partial charge in [-0.1, -0.05) is 37.6 Å². The molecule has 0 saturated heterocycles. The maximum atomic E-state index is 12.7. The lowest BCUT2D eigenvalue weighted by Gasteiger charge is -2.26. The molecule has 0 saturated carbocycles. The van der Waals surface area contributed by atoms with E-state index in [0.29, 0.717) is 31.2 Å². The Labute approximate surface area is 175 Å². The zero-order valence-corrected chi connectivity index (χ0v) is 17.8. The Morgan fingerprint density at radius 3 is 2.55 bits per heavy atom. The Balaban J connectivity index is 1.71. The lowest BCUT2D eigenvalue weighted by Crippen LogP contribution is -2.40. The topological polar surface area (TPSA) is 84.9 Å². The number of benzene rings is 2. The van der Waals surface area contributed by atoms with Crippen LogP contribution in [0.25, 0.3) is 0 Å². The van der Waals surface area contributed by atoms with Crippen molar-refractivity contribution < 1.29 is 22.7 Å². The molecule has 7 nitrogen and oxygen atoms in total. The number of carbonyl (C=O) groups is 1. The molecule has 1 heterocycles. The lowest BCUT2D eigenvalue weighted by atomic mass is 10.2. The largest absolute Gasteiger partial charge is 0.486 e. The van der Waals surface area contributed by atoms with Crippen molar-refractivity contribution >= 4 is 27.5 Å². The van der Waals surface area contributed by atoms with E-state index >= 15 is 0 Å². The third-order valence-corrected chi connectivity index (χ3v) is 6.96. The molecule has 0 bridgehead atoms. The summed E-state index contributed by atoms with van der Waals surface area (Å²) in [5, 5.41) is 2.91. The minimum absolute atomic E-state index is 0.0296. The summed E-state index contributed by atoms with van der Waals surface area (Å²) in [6.07, 6.45) is -0.366. The second-order valence-electron chi connectivity index (χ2n) is 6.44. The average Bonchev–Trinajstić information content (AvgIpc) is 2.72. The summed E-state index contributed by atoms with van der Waals surface area (Å²) in [4.78, 5) is 12.7. The van der Waals surface area contributed by atoms with Gasteiger partial charge < -0.3 is 14.8 Å². The van der Waals surface area contributed by atoms with E-state index in [1.165, 1.54) is 22.5 Å². The molecule has 1 aliphatic heterocycles. The molecule has 0 unspecified atom stereocenters. The number of sulfonamides is 1. The number of nitrogens with zero attached hydrogens (tertiary/aromatic N) is 1. The van der Waals surface area contributed by atoms with Gasteiger partial charge in [-0.3, -0.25) is 4.79 Å². The molecule has 0 radical (unpaired) electrons. The summed E-state index contributed by atoms with van der Waals surface area (Å²) in [7, 11) is -3.69. The van der Waals surface area contributed by atoms with Gasteiger partial charge in [-0.05, 0) is 30.3 Å². The summed E-state index contributed by atoms with van der Waals surface area (Å²) < 4.78 is 38.2. The maximum absolute atomic E-state index is 12.7. The van der Waals surface area contributed by atoms with Gasteiger partial charge in [-0.15, -0.1) is 0 Å². The standard InChI is InChI=1S/C20H23ClN2O5S/c1-3-23(4-2)29(25,26)15-9-10-17(21)16(11-15)20(24)22-12-14-13-27-18-7-5-6-8-19(18)28-14/h5-11,14H,3-4,12-13H2,1-2H3,(H,22,24)/t14-/m1/s1. The van der Waals surface area contributed by atoms with Gasteiger partial charge in [0.1, 0.15) is 12.7 Å². The highest BCUT2D eigenvalue weighted by Crippen LogP contribution is 2.30. The molecule has 1 N–H and O–H groups in total. The number of amides is 1. The number of rotatable bonds is 7. The van der Waals surface area contributed by atoms with Crippen LogP contribution in [-0.4, -0.2) is 51.0 Å². The van der Waals surface area contributed by atoms with Crippen molar-refractivity contribution in [2.24, 2.45) is 0 Å². The zero-order valence-electron chi connectivity index (χ0n) is 16.2. The first kappa shape index (κ1) is 21.4. The van der Waals surface area contributed by atoms with Crippen LogP contribution in [-0.2, 0) is 10.0 Å². The number of ether oxygens (including phenoxy) is 2. The van der Waals surface area contributed by atoms with Gasteiger partial charge in [0.15, 0.2) is 11.5 Å². The van der Waals surface area contributed by atoms with Gasteiger partial charge in [-0.2, -0.15) is 4.31 Å². The molecule has 9 heteroatoms. The normalized spacial score (nSPS) is 15.9.